The van der Waals surface area contributed by atoms with E-state index in [0.29, 0.717) is 13.2 Å². The summed E-state index contributed by atoms with van der Waals surface area (Å²) in [6.45, 7) is 1.06. The normalized spacial score (nSPS) is 13.4. The van der Waals surface area contributed by atoms with Crippen LogP contribution in [0.4, 0.5) is 0 Å². The number of benzene rings is 2. The predicted octanol–water partition coefficient (Wildman–Crippen LogP) is 5.06. The maximum atomic E-state index is 5.65. The molecule has 0 atom stereocenters. The van der Waals surface area contributed by atoms with Gasteiger partial charge in [0.1, 0.15) is 24.7 Å². The lowest BCUT2D eigenvalue weighted by Gasteiger charge is -2.17. The van der Waals surface area contributed by atoms with Crippen molar-refractivity contribution in [1.82, 2.24) is 0 Å². The fourth-order valence-corrected chi connectivity index (χ4v) is 2.99. The maximum absolute atomic E-state index is 5.65. The number of oxime groups is 1. The van der Waals surface area contributed by atoms with E-state index in [1.165, 1.54) is 0 Å². The molecule has 0 N–H and O–H groups in total. The van der Waals surface area contributed by atoms with Crippen molar-refractivity contribution in [2.24, 2.45) is 5.16 Å². The van der Waals surface area contributed by atoms with E-state index in [2.05, 4.69) is 49.1 Å². The van der Waals surface area contributed by atoms with Crippen molar-refractivity contribution in [3.8, 4) is 5.75 Å². The average molecular weight is 437 g/mol. The van der Waals surface area contributed by atoms with Gasteiger partial charge in [-0.15, -0.1) is 0 Å². The third-order valence-corrected chi connectivity index (χ3v) is 4.30. The van der Waals surface area contributed by atoms with E-state index in [9.17, 15) is 0 Å². The fraction of sp³-hybridized carbons (Fsp3) is 0.167. The topological polar surface area (TPSA) is 30.8 Å². The van der Waals surface area contributed by atoms with E-state index >= 15 is 0 Å². The minimum Gasteiger partial charge on any atom is -0.490 e. The quantitative estimate of drug-likeness (QED) is 0.484. The van der Waals surface area contributed by atoms with Crippen LogP contribution in [0.15, 0.2) is 64.2 Å². The molecule has 0 aliphatic carbocycles. The number of nitrogens with zero attached hydrogens (tertiary/aromatic N) is 1. The molecular weight excluding hydrogens is 422 g/mol. The maximum Gasteiger partial charge on any atom is 0.143 e. The summed E-state index contributed by atoms with van der Waals surface area (Å²) >= 11 is 6.83. The van der Waals surface area contributed by atoms with Gasteiger partial charge in [0.25, 0.3) is 0 Å². The highest BCUT2D eigenvalue weighted by Gasteiger charge is 2.17. The Morgan fingerprint density at radius 2 is 1.96 bits per heavy atom. The molecule has 0 spiro atoms. The Bertz CT molecular complexity index is 739. The van der Waals surface area contributed by atoms with E-state index in [0.717, 1.165) is 38.0 Å². The predicted molar refractivity (Wildman–Crippen MR) is 99.4 cm³/mol. The molecule has 0 saturated carbocycles. The van der Waals surface area contributed by atoms with Crippen molar-refractivity contribution in [3.05, 3.63) is 75.8 Å². The molecule has 0 amide bonds. The van der Waals surface area contributed by atoms with Gasteiger partial charge in [0, 0.05) is 26.5 Å². The van der Waals surface area contributed by atoms with Crippen LogP contribution in [-0.2, 0) is 11.4 Å². The van der Waals surface area contributed by atoms with Gasteiger partial charge < -0.3 is 9.57 Å². The Morgan fingerprint density at radius 1 is 1.13 bits per heavy atom. The highest BCUT2D eigenvalue weighted by atomic mass is 79.9. The van der Waals surface area contributed by atoms with Gasteiger partial charge in [-0.1, -0.05) is 55.2 Å². The van der Waals surface area contributed by atoms with E-state index in [1.807, 2.05) is 42.5 Å². The molecule has 0 unspecified atom stereocenters. The monoisotopic (exact) mass is 435 g/mol. The molecule has 1 aliphatic rings. The molecule has 5 heteroatoms. The summed E-state index contributed by atoms with van der Waals surface area (Å²) in [5.74, 6) is 0.835. The molecule has 3 nitrogen and oxygen atoms in total. The minimum atomic E-state index is 0.499. The fourth-order valence-electron chi connectivity index (χ4n) is 2.32. The number of fused-ring (bicyclic) bond motifs is 1. The van der Waals surface area contributed by atoms with Crippen molar-refractivity contribution in [3.63, 3.8) is 0 Å². The highest BCUT2D eigenvalue weighted by Crippen LogP contribution is 2.25. The summed E-state index contributed by atoms with van der Waals surface area (Å²) < 4.78 is 6.69. The van der Waals surface area contributed by atoms with Gasteiger partial charge in [0.2, 0.25) is 0 Å². The Balaban J connectivity index is 1.78. The highest BCUT2D eigenvalue weighted by molar-refractivity contribution is 9.10. The molecule has 0 radical (unpaired) electrons. The van der Waals surface area contributed by atoms with Crippen LogP contribution in [0.3, 0.4) is 0 Å². The second-order valence-corrected chi connectivity index (χ2v) is 6.54. The Kier molecular flexibility index (Phi) is 5.51. The van der Waals surface area contributed by atoms with E-state index in [4.69, 9.17) is 9.57 Å². The largest absolute Gasteiger partial charge is 0.490 e. The van der Waals surface area contributed by atoms with Crippen molar-refractivity contribution < 1.29 is 9.57 Å². The zero-order valence-corrected chi connectivity index (χ0v) is 15.5. The second kappa shape index (κ2) is 7.79. The van der Waals surface area contributed by atoms with Crippen LogP contribution in [0.2, 0.25) is 0 Å². The first-order valence-electron chi connectivity index (χ1n) is 7.21. The molecule has 0 fully saturated rings. The van der Waals surface area contributed by atoms with Crippen molar-refractivity contribution in [1.29, 1.82) is 0 Å². The summed E-state index contributed by atoms with van der Waals surface area (Å²) in [6.07, 6.45) is 3.99. The molecule has 0 aromatic heterocycles. The first-order chi connectivity index (χ1) is 11.3. The molecule has 23 heavy (non-hydrogen) atoms. The van der Waals surface area contributed by atoms with Gasteiger partial charge >= 0.3 is 0 Å². The molecule has 1 aliphatic heterocycles. The van der Waals surface area contributed by atoms with E-state index < -0.39 is 0 Å². The van der Waals surface area contributed by atoms with Gasteiger partial charge in [0.15, 0.2) is 0 Å². The zero-order chi connectivity index (χ0) is 16.1. The molecular formula is C18H15Br2NO2. The number of halogens is 2. The van der Waals surface area contributed by atoms with Crippen LogP contribution in [0, 0.1) is 0 Å². The third-order valence-electron chi connectivity index (χ3n) is 3.43. The molecule has 2 aromatic rings. The van der Waals surface area contributed by atoms with Gasteiger partial charge in [0.05, 0.1) is 0 Å². The molecule has 3 rings (SSSR count). The van der Waals surface area contributed by atoms with Crippen LogP contribution in [-0.4, -0.2) is 17.6 Å². The molecule has 1 heterocycles. The summed E-state index contributed by atoms with van der Waals surface area (Å²) in [5, 5.41) is 5.07. The van der Waals surface area contributed by atoms with Crippen LogP contribution in [0.25, 0.3) is 0 Å². The van der Waals surface area contributed by atoms with Gasteiger partial charge in [-0.3, -0.25) is 0 Å². The second-order valence-electron chi connectivity index (χ2n) is 4.98. The number of hydrogen-bond donors (Lipinski definition) is 0. The van der Waals surface area contributed by atoms with Crippen molar-refractivity contribution >= 4 is 37.6 Å². The van der Waals surface area contributed by atoms with Crippen molar-refractivity contribution in [2.45, 2.75) is 6.61 Å². The van der Waals surface area contributed by atoms with E-state index in [1.54, 1.807) is 0 Å². The molecule has 118 valence electrons. The lowest BCUT2D eigenvalue weighted by molar-refractivity contribution is 0.126. The number of ether oxygens (including phenoxy) is 1. The van der Waals surface area contributed by atoms with Gasteiger partial charge in [-0.2, -0.15) is 0 Å². The van der Waals surface area contributed by atoms with Crippen molar-refractivity contribution in [2.75, 3.05) is 11.9 Å². The number of allylic oxidation sites excluding steroid dienone is 1. The van der Waals surface area contributed by atoms with Crippen LogP contribution in [0.5, 0.6) is 5.75 Å². The minimum absolute atomic E-state index is 0.499. The third kappa shape index (κ3) is 4.03. The van der Waals surface area contributed by atoms with E-state index in [-0.39, 0.29) is 0 Å². The van der Waals surface area contributed by atoms with Crippen LogP contribution < -0.4 is 4.74 Å². The smallest absolute Gasteiger partial charge is 0.143 e. The summed E-state index contributed by atoms with van der Waals surface area (Å²) in [5.41, 5.74) is 4.10. The van der Waals surface area contributed by atoms with Crippen LogP contribution >= 0.6 is 31.9 Å². The summed E-state index contributed by atoms with van der Waals surface area (Å²) in [6, 6.07) is 14.1. The zero-order valence-electron chi connectivity index (χ0n) is 12.3. The molecule has 0 saturated heterocycles. The van der Waals surface area contributed by atoms with Crippen LogP contribution in [0.1, 0.15) is 16.7 Å². The van der Waals surface area contributed by atoms with Gasteiger partial charge in [-0.05, 0) is 36.4 Å². The Labute approximate surface area is 152 Å². The van der Waals surface area contributed by atoms with Gasteiger partial charge in [-0.25, -0.2) is 0 Å². The Morgan fingerprint density at radius 3 is 2.74 bits per heavy atom. The number of alkyl halides is 1. The first kappa shape index (κ1) is 16.3. The average Bonchev–Trinajstić information content (AvgIpc) is 2.58. The summed E-state index contributed by atoms with van der Waals surface area (Å²) in [4.78, 5) is 5.36. The number of hydrogen-bond acceptors (Lipinski definition) is 3. The Hall–Kier alpha value is -1.59. The lowest BCUT2D eigenvalue weighted by Crippen LogP contribution is -2.13. The lowest BCUT2D eigenvalue weighted by atomic mass is 9.97. The summed E-state index contributed by atoms with van der Waals surface area (Å²) in [7, 11) is 0. The number of rotatable bonds is 5. The SMILES string of the molecule is BrCC=CCOc1ccc(C2=NOCc3cc(Br)ccc32)cc1. The molecule has 0 bridgehead atoms. The first-order valence-corrected chi connectivity index (χ1v) is 9.12. The standard InChI is InChI=1S/C18H15Br2NO2/c19-9-1-2-10-22-16-6-3-13(4-7-16)18-17-8-5-15(20)11-14(17)12-23-21-18/h1-8,11H,9-10,12H2. The molecule has 2 aromatic carbocycles.